The molecule has 1 aromatic carbocycles. The third-order valence-corrected chi connectivity index (χ3v) is 3.00. The molecule has 2 N–H and O–H groups in total. The number of benzene rings is 1. The summed E-state index contributed by atoms with van der Waals surface area (Å²) in [6.07, 6.45) is 0. The number of anilines is 3. The van der Waals surface area contributed by atoms with Gasteiger partial charge in [-0.1, -0.05) is 0 Å². The highest BCUT2D eigenvalue weighted by atomic mass is 79.9. The monoisotopic (exact) mass is 359 g/mol. The molecular weight excluding hydrogens is 348 g/mol. The zero-order valence-electron chi connectivity index (χ0n) is 11.2. The summed E-state index contributed by atoms with van der Waals surface area (Å²) in [6, 6.07) is 2.07. The summed E-state index contributed by atoms with van der Waals surface area (Å²) in [6.45, 7) is 2.46. The zero-order valence-corrected chi connectivity index (χ0v) is 12.8. The van der Waals surface area contributed by atoms with E-state index in [0.29, 0.717) is 6.54 Å². The molecule has 0 unspecified atom stereocenters. The predicted octanol–water partition coefficient (Wildman–Crippen LogP) is 3.10. The standard InChI is InChI=1S/C12H12BrF2N5O/c1-3-16-10-18-11(20-12(19-10)21-2)17-9-5-7(14)6(13)4-8(9)15/h4-5H,3H2,1-2H3,(H2,16,17,18,19,20). The average molecular weight is 360 g/mol. The summed E-state index contributed by atoms with van der Waals surface area (Å²) in [4.78, 5) is 11.9. The largest absolute Gasteiger partial charge is 0.467 e. The molecule has 0 fully saturated rings. The van der Waals surface area contributed by atoms with Crippen molar-refractivity contribution in [2.75, 3.05) is 24.3 Å². The second kappa shape index (κ2) is 6.61. The number of nitrogens with one attached hydrogen (secondary N) is 2. The molecule has 0 saturated carbocycles. The Morgan fingerprint density at radius 2 is 1.86 bits per heavy atom. The Morgan fingerprint density at radius 1 is 1.14 bits per heavy atom. The van der Waals surface area contributed by atoms with Crippen molar-refractivity contribution in [1.82, 2.24) is 15.0 Å². The van der Waals surface area contributed by atoms with Crippen molar-refractivity contribution in [2.24, 2.45) is 0 Å². The fourth-order valence-electron chi connectivity index (χ4n) is 1.48. The van der Waals surface area contributed by atoms with E-state index >= 15 is 0 Å². The van der Waals surface area contributed by atoms with E-state index in [1.165, 1.54) is 7.11 Å². The van der Waals surface area contributed by atoms with Gasteiger partial charge in [-0.05, 0) is 28.9 Å². The first-order valence-corrected chi connectivity index (χ1v) is 6.78. The van der Waals surface area contributed by atoms with Gasteiger partial charge in [0.15, 0.2) is 0 Å². The highest BCUT2D eigenvalue weighted by Gasteiger charge is 2.12. The van der Waals surface area contributed by atoms with Gasteiger partial charge in [0.1, 0.15) is 11.6 Å². The number of rotatable bonds is 5. The molecule has 0 aliphatic carbocycles. The van der Waals surface area contributed by atoms with E-state index in [-0.39, 0.29) is 28.1 Å². The Kier molecular flexibility index (Phi) is 4.84. The van der Waals surface area contributed by atoms with E-state index in [1.807, 2.05) is 6.92 Å². The lowest BCUT2D eigenvalue weighted by Gasteiger charge is -2.09. The maximum absolute atomic E-state index is 13.8. The van der Waals surface area contributed by atoms with Gasteiger partial charge in [-0.3, -0.25) is 0 Å². The van der Waals surface area contributed by atoms with Crippen LogP contribution < -0.4 is 15.4 Å². The minimum Gasteiger partial charge on any atom is -0.467 e. The summed E-state index contributed by atoms with van der Waals surface area (Å²) in [5.74, 6) is -0.942. The molecule has 0 bridgehead atoms. The summed E-state index contributed by atoms with van der Waals surface area (Å²) in [7, 11) is 1.40. The fourth-order valence-corrected chi connectivity index (χ4v) is 1.80. The van der Waals surface area contributed by atoms with E-state index in [2.05, 4.69) is 41.5 Å². The molecule has 0 aliphatic heterocycles. The number of halogens is 3. The zero-order chi connectivity index (χ0) is 15.4. The lowest BCUT2D eigenvalue weighted by Crippen LogP contribution is -2.08. The summed E-state index contributed by atoms with van der Waals surface area (Å²) in [5.41, 5.74) is -0.0913. The molecule has 0 radical (unpaired) electrons. The molecule has 0 amide bonds. The van der Waals surface area contributed by atoms with Crippen molar-refractivity contribution in [2.45, 2.75) is 6.92 Å². The van der Waals surface area contributed by atoms with Crippen molar-refractivity contribution in [3.8, 4) is 6.01 Å². The molecule has 0 aliphatic rings. The Balaban J connectivity index is 2.34. The van der Waals surface area contributed by atoms with Gasteiger partial charge in [-0.15, -0.1) is 0 Å². The van der Waals surface area contributed by atoms with Gasteiger partial charge in [0, 0.05) is 12.6 Å². The van der Waals surface area contributed by atoms with Gasteiger partial charge in [0.25, 0.3) is 0 Å². The normalized spacial score (nSPS) is 10.3. The lowest BCUT2D eigenvalue weighted by atomic mass is 10.3. The molecule has 0 spiro atoms. The van der Waals surface area contributed by atoms with Crippen molar-refractivity contribution < 1.29 is 13.5 Å². The quantitative estimate of drug-likeness (QED) is 0.799. The molecule has 0 saturated heterocycles. The van der Waals surface area contributed by atoms with Crippen molar-refractivity contribution >= 4 is 33.5 Å². The van der Waals surface area contributed by atoms with Gasteiger partial charge < -0.3 is 15.4 Å². The third kappa shape index (κ3) is 3.75. The summed E-state index contributed by atoms with van der Waals surface area (Å²) < 4.78 is 32.2. The van der Waals surface area contributed by atoms with Crippen molar-refractivity contribution in [3.05, 3.63) is 28.2 Å². The summed E-state index contributed by atoms with van der Waals surface area (Å²) in [5, 5.41) is 5.48. The fraction of sp³-hybridized carbons (Fsp3) is 0.250. The molecular formula is C12H12BrF2N5O. The van der Waals surface area contributed by atoms with Gasteiger partial charge >= 0.3 is 6.01 Å². The minimum absolute atomic E-state index is 0.0344. The van der Waals surface area contributed by atoms with Crippen LogP contribution in [0.1, 0.15) is 6.92 Å². The smallest absolute Gasteiger partial charge is 0.322 e. The van der Waals surface area contributed by atoms with Crippen LogP contribution in [-0.4, -0.2) is 28.6 Å². The number of aromatic nitrogens is 3. The molecule has 112 valence electrons. The summed E-state index contributed by atoms with van der Waals surface area (Å²) >= 11 is 2.91. The average Bonchev–Trinajstić information content (AvgIpc) is 2.45. The first-order chi connectivity index (χ1) is 10.0. The number of hydrogen-bond donors (Lipinski definition) is 2. The van der Waals surface area contributed by atoms with E-state index in [4.69, 9.17) is 4.74 Å². The maximum Gasteiger partial charge on any atom is 0.322 e. The van der Waals surface area contributed by atoms with Crippen LogP contribution in [0, 0.1) is 11.6 Å². The topological polar surface area (TPSA) is 72.0 Å². The molecule has 1 heterocycles. The predicted molar refractivity (Wildman–Crippen MR) is 77.9 cm³/mol. The van der Waals surface area contributed by atoms with E-state index in [0.717, 1.165) is 12.1 Å². The Bertz CT molecular complexity index is 656. The molecule has 6 nitrogen and oxygen atoms in total. The first kappa shape index (κ1) is 15.4. The van der Waals surface area contributed by atoms with Crippen LogP contribution >= 0.6 is 15.9 Å². The van der Waals surface area contributed by atoms with Gasteiger partial charge in [0.05, 0.1) is 17.3 Å². The SMILES string of the molecule is CCNc1nc(Nc2cc(F)c(Br)cc2F)nc(OC)n1. The van der Waals surface area contributed by atoms with Gasteiger partial charge in [-0.2, -0.15) is 15.0 Å². The first-order valence-electron chi connectivity index (χ1n) is 5.99. The van der Waals surface area contributed by atoms with Crippen LogP contribution in [-0.2, 0) is 0 Å². The molecule has 9 heteroatoms. The van der Waals surface area contributed by atoms with E-state index in [9.17, 15) is 8.78 Å². The van der Waals surface area contributed by atoms with Crippen molar-refractivity contribution in [3.63, 3.8) is 0 Å². The van der Waals surface area contributed by atoms with Crippen LogP contribution in [0.5, 0.6) is 6.01 Å². The minimum atomic E-state index is -0.646. The van der Waals surface area contributed by atoms with Gasteiger partial charge in [-0.25, -0.2) is 8.78 Å². The third-order valence-electron chi connectivity index (χ3n) is 2.39. The lowest BCUT2D eigenvalue weighted by molar-refractivity contribution is 0.379. The van der Waals surface area contributed by atoms with Crippen LogP contribution in [0.3, 0.4) is 0 Å². The second-order valence-corrected chi connectivity index (χ2v) is 4.73. The highest BCUT2D eigenvalue weighted by Crippen LogP contribution is 2.25. The Morgan fingerprint density at radius 3 is 2.52 bits per heavy atom. The van der Waals surface area contributed by atoms with Crippen LogP contribution in [0.4, 0.5) is 26.4 Å². The number of nitrogens with zero attached hydrogens (tertiary/aromatic N) is 3. The molecule has 2 rings (SSSR count). The highest BCUT2D eigenvalue weighted by molar-refractivity contribution is 9.10. The Hall–Kier alpha value is -2.03. The number of hydrogen-bond acceptors (Lipinski definition) is 6. The number of ether oxygens (including phenoxy) is 1. The second-order valence-electron chi connectivity index (χ2n) is 3.87. The van der Waals surface area contributed by atoms with Crippen molar-refractivity contribution in [1.29, 1.82) is 0 Å². The number of methoxy groups -OCH3 is 1. The van der Waals surface area contributed by atoms with Crippen LogP contribution in [0.15, 0.2) is 16.6 Å². The molecule has 2 aromatic rings. The van der Waals surface area contributed by atoms with E-state index < -0.39 is 11.6 Å². The maximum atomic E-state index is 13.8. The van der Waals surface area contributed by atoms with E-state index in [1.54, 1.807) is 0 Å². The Labute approximate surface area is 128 Å². The molecule has 21 heavy (non-hydrogen) atoms. The van der Waals surface area contributed by atoms with Gasteiger partial charge in [0.2, 0.25) is 11.9 Å². The van der Waals surface area contributed by atoms with Crippen LogP contribution in [0.2, 0.25) is 0 Å². The molecule has 1 aromatic heterocycles. The molecule has 0 atom stereocenters. The van der Waals surface area contributed by atoms with Crippen LogP contribution in [0.25, 0.3) is 0 Å².